The van der Waals surface area contributed by atoms with Gasteiger partial charge in [-0.25, -0.2) is 0 Å². The molecule has 6 nitrogen and oxygen atoms in total. The third-order valence-electron chi connectivity index (χ3n) is 5.25. The van der Waals surface area contributed by atoms with Gasteiger partial charge in [-0.15, -0.1) is 0 Å². The molecule has 27 heavy (non-hydrogen) atoms. The maximum atomic E-state index is 12.5. The number of carboxylic acids is 1. The van der Waals surface area contributed by atoms with Gasteiger partial charge in [-0.2, -0.15) is 0 Å². The van der Waals surface area contributed by atoms with Crippen molar-refractivity contribution < 1.29 is 14.7 Å². The van der Waals surface area contributed by atoms with Crippen LogP contribution in [0.5, 0.6) is 0 Å². The van der Waals surface area contributed by atoms with Gasteiger partial charge in [-0.1, -0.05) is 43.3 Å². The molecular weight excluding hydrogens is 342 g/mol. The van der Waals surface area contributed by atoms with Crippen LogP contribution in [-0.4, -0.2) is 65.5 Å². The van der Waals surface area contributed by atoms with E-state index in [1.165, 1.54) is 0 Å². The van der Waals surface area contributed by atoms with Gasteiger partial charge in [0, 0.05) is 30.2 Å². The monoisotopic (exact) mass is 369 g/mol. The molecule has 3 rings (SSSR count). The molecule has 2 N–H and O–H groups in total. The van der Waals surface area contributed by atoms with Gasteiger partial charge in [0.05, 0.1) is 13.1 Å². The topological polar surface area (TPSA) is 72.9 Å². The van der Waals surface area contributed by atoms with Crippen LogP contribution in [0.2, 0.25) is 0 Å². The quantitative estimate of drug-likeness (QED) is 0.785. The Morgan fingerprint density at radius 1 is 1.15 bits per heavy atom. The fraction of sp³-hybridized carbons (Fsp3) is 0.429. The number of hydrogen-bond acceptors (Lipinski definition) is 4. The first kappa shape index (κ1) is 19.3. The summed E-state index contributed by atoms with van der Waals surface area (Å²) in [4.78, 5) is 27.6. The molecule has 1 heterocycles. The molecule has 1 saturated heterocycles. The van der Waals surface area contributed by atoms with Crippen LogP contribution < -0.4 is 5.32 Å². The van der Waals surface area contributed by atoms with Crippen LogP contribution in [0.15, 0.2) is 42.5 Å². The van der Waals surface area contributed by atoms with Crippen LogP contribution >= 0.6 is 0 Å². The van der Waals surface area contributed by atoms with E-state index in [1.54, 1.807) is 0 Å². The van der Waals surface area contributed by atoms with E-state index in [9.17, 15) is 9.59 Å². The number of aliphatic carboxylic acids is 1. The Kier molecular flexibility index (Phi) is 6.42. The number of carbonyl (C=O) groups is 2. The summed E-state index contributed by atoms with van der Waals surface area (Å²) in [6.07, 6.45) is 1.78. The maximum Gasteiger partial charge on any atom is 0.317 e. The lowest BCUT2D eigenvalue weighted by Crippen LogP contribution is -2.48. The predicted molar refractivity (Wildman–Crippen MR) is 107 cm³/mol. The molecule has 0 spiro atoms. The number of likely N-dealkylation sites (N-methyl/N-ethyl adjacent to an activating group) is 1. The van der Waals surface area contributed by atoms with Gasteiger partial charge >= 0.3 is 5.97 Å². The van der Waals surface area contributed by atoms with E-state index in [-0.39, 0.29) is 18.5 Å². The minimum Gasteiger partial charge on any atom is -0.480 e. The molecule has 0 aromatic heterocycles. The minimum atomic E-state index is -0.784. The average Bonchev–Trinajstić information content (AvgIpc) is 2.67. The number of rotatable bonds is 7. The van der Waals surface area contributed by atoms with Crippen molar-refractivity contribution in [1.82, 2.24) is 9.80 Å². The lowest BCUT2D eigenvalue weighted by Gasteiger charge is -2.37. The van der Waals surface area contributed by atoms with Crippen LogP contribution in [0.4, 0.5) is 5.69 Å². The minimum absolute atomic E-state index is 0.0114. The smallest absolute Gasteiger partial charge is 0.317 e. The van der Waals surface area contributed by atoms with Crippen molar-refractivity contribution in [3.63, 3.8) is 0 Å². The summed E-state index contributed by atoms with van der Waals surface area (Å²) in [5.41, 5.74) is 0.839. The Hall–Kier alpha value is -2.44. The summed E-state index contributed by atoms with van der Waals surface area (Å²) in [5, 5.41) is 14.2. The van der Waals surface area contributed by atoms with Crippen molar-refractivity contribution >= 4 is 28.3 Å². The summed E-state index contributed by atoms with van der Waals surface area (Å²) in [7, 11) is 0. The molecule has 0 unspecified atom stereocenters. The van der Waals surface area contributed by atoms with E-state index in [1.807, 2.05) is 54.3 Å². The molecule has 0 atom stereocenters. The highest BCUT2D eigenvalue weighted by molar-refractivity contribution is 6.02. The highest BCUT2D eigenvalue weighted by Crippen LogP contribution is 2.23. The van der Waals surface area contributed by atoms with Gasteiger partial charge in [0.15, 0.2) is 0 Å². The molecule has 2 aromatic carbocycles. The second-order valence-electron chi connectivity index (χ2n) is 7.04. The molecule has 1 fully saturated rings. The van der Waals surface area contributed by atoms with E-state index >= 15 is 0 Å². The van der Waals surface area contributed by atoms with Gasteiger partial charge in [0.2, 0.25) is 5.91 Å². The van der Waals surface area contributed by atoms with Crippen LogP contribution in [0.1, 0.15) is 19.8 Å². The predicted octanol–water partition coefficient (Wildman–Crippen LogP) is 2.65. The second-order valence-corrected chi connectivity index (χ2v) is 7.04. The zero-order valence-electron chi connectivity index (χ0n) is 15.7. The van der Waals surface area contributed by atoms with Crippen molar-refractivity contribution in [3.05, 3.63) is 42.5 Å². The van der Waals surface area contributed by atoms with E-state index < -0.39 is 5.97 Å². The fourth-order valence-corrected chi connectivity index (χ4v) is 3.84. The Morgan fingerprint density at radius 2 is 1.85 bits per heavy atom. The first-order chi connectivity index (χ1) is 13.1. The van der Waals surface area contributed by atoms with Gasteiger partial charge < -0.3 is 10.4 Å². The Labute approximate surface area is 159 Å². The molecule has 0 radical (unpaired) electrons. The van der Waals surface area contributed by atoms with Crippen LogP contribution in [0, 0.1) is 0 Å². The highest BCUT2D eigenvalue weighted by atomic mass is 16.4. The van der Waals surface area contributed by atoms with E-state index in [2.05, 4.69) is 10.2 Å². The van der Waals surface area contributed by atoms with E-state index in [4.69, 9.17) is 5.11 Å². The zero-order valence-corrected chi connectivity index (χ0v) is 15.7. The van der Waals surface area contributed by atoms with E-state index in [0.717, 1.165) is 48.9 Å². The van der Waals surface area contributed by atoms with Crippen molar-refractivity contribution in [2.24, 2.45) is 0 Å². The maximum absolute atomic E-state index is 12.5. The van der Waals surface area contributed by atoms with Crippen molar-refractivity contribution in [2.75, 3.05) is 38.0 Å². The molecule has 0 saturated carbocycles. The number of benzene rings is 2. The first-order valence-electron chi connectivity index (χ1n) is 9.52. The fourth-order valence-electron chi connectivity index (χ4n) is 3.84. The van der Waals surface area contributed by atoms with Gasteiger partial charge in [0.25, 0.3) is 0 Å². The molecule has 0 aliphatic carbocycles. The Morgan fingerprint density at radius 3 is 2.56 bits per heavy atom. The van der Waals surface area contributed by atoms with Crippen LogP contribution in [-0.2, 0) is 9.59 Å². The Balaban J connectivity index is 1.53. The number of carboxylic acid groups (broad SMARTS) is 1. The number of fused-ring (bicyclic) bond motifs is 1. The number of hydrogen-bond donors (Lipinski definition) is 2. The Bertz CT molecular complexity index is 795. The summed E-state index contributed by atoms with van der Waals surface area (Å²) < 4.78 is 0. The molecular formula is C21H27N3O3. The summed E-state index contributed by atoms with van der Waals surface area (Å²) in [5.74, 6) is -0.795. The second kappa shape index (κ2) is 8.97. The third kappa shape index (κ3) is 5.05. The molecule has 1 aliphatic rings. The molecule has 6 heteroatoms. The lowest BCUT2D eigenvalue weighted by atomic mass is 10.0. The number of carbonyl (C=O) groups excluding carboxylic acids is 1. The largest absolute Gasteiger partial charge is 0.480 e. The third-order valence-corrected chi connectivity index (χ3v) is 5.25. The molecule has 144 valence electrons. The van der Waals surface area contributed by atoms with Gasteiger partial charge in [-0.3, -0.25) is 19.4 Å². The number of anilines is 1. The number of amides is 1. The van der Waals surface area contributed by atoms with Crippen LogP contribution in [0.25, 0.3) is 10.8 Å². The van der Waals surface area contributed by atoms with Crippen molar-refractivity contribution in [3.8, 4) is 0 Å². The molecule has 2 aromatic rings. The highest BCUT2D eigenvalue weighted by Gasteiger charge is 2.25. The standard InChI is InChI=1S/C21H27N3O3/c1-2-24(15-21(26)27)17-10-12-23(13-11-17)14-20(25)22-19-9-5-7-16-6-3-4-8-18(16)19/h3-9,17H,2,10-15H2,1H3,(H,22,25)(H,26,27). The number of piperidine rings is 1. The van der Waals surface area contributed by atoms with Gasteiger partial charge in [-0.05, 0) is 30.8 Å². The number of nitrogens with zero attached hydrogens (tertiary/aromatic N) is 2. The van der Waals surface area contributed by atoms with Gasteiger partial charge in [0.1, 0.15) is 0 Å². The van der Waals surface area contributed by atoms with Crippen LogP contribution in [0.3, 0.4) is 0 Å². The molecule has 1 amide bonds. The number of nitrogens with one attached hydrogen (secondary N) is 1. The zero-order chi connectivity index (χ0) is 19.2. The summed E-state index contributed by atoms with van der Waals surface area (Å²) in [6, 6.07) is 14.2. The molecule has 0 bridgehead atoms. The SMILES string of the molecule is CCN(CC(=O)O)C1CCN(CC(=O)Nc2cccc3ccccc23)CC1. The molecule has 1 aliphatic heterocycles. The summed E-state index contributed by atoms with van der Waals surface area (Å²) >= 11 is 0. The number of likely N-dealkylation sites (tertiary alicyclic amines) is 1. The summed E-state index contributed by atoms with van der Waals surface area (Å²) in [6.45, 7) is 4.79. The van der Waals surface area contributed by atoms with E-state index in [0.29, 0.717) is 6.54 Å². The normalized spacial score (nSPS) is 15.9. The average molecular weight is 369 g/mol. The van der Waals surface area contributed by atoms with Crippen molar-refractivity contribution in [1.29, 1.82) is 0 Å². The first-order valence-corrected chi connectivity index (χ1v) is 9.52. The van der Waals surface area contributed by atoms with Crippen molar-refractivity contribution in [2.45, 2.75) is 25.8 Å². The lowest BCUT2D eigenvalue weighted by molar-refractivity contribution is -0.139.